The van der Waals surface area contributed by atoms with Gasteiger partial charge in [-0.2, -0.15) is 0 Å². The third-order valence-corrected chi connectivity index (χ3v) is 5.42. The molecule has 0 radical (unpaired) electrons. The molecule has 2 N–H and O–H groups in total. The van der Waals surface area contributed by atoms with Crippen molar-refractivity contribution in [3.05, 3.63) is 68.5 Å². The lowest BCUT2D eigenvalue weighted by molar-refractivity contribution is -0.123. The second-order valence-corrected chi connectivity index (χ2v) is 7.62. The summed E-state index contributed by atoms with van der Waals surface area (Å²) in [6.07, 6.45) is 1.55. The smallest absolute Gasteiger partial charge is 0.293 e. The molecule has 3 rings (SSSR count). The fraction of sp³-hybridized carbons (Fsp3) is 0.105. The highest BCUT2D eigenvalue weighted by atomic mass is 35.5. The van der Waals surface area contributed by atoms with Gasteiger partial charge in [0.2, 0.25) is 0 Å². The standard InChI is InChI=1S/C19H14Cl2N2O4S/c20-13-6-5-11(7-14(13)21)9-23-18(25)16(28-19(23)26)8-12-3-1-2-4-15(12)27-10-17(22)24/h1-8H,9-10H2,(H2,22,24)/b16-8-. The minimum Gasteiger partial charge on any atom is -0.483 e. The number of imide groups is 1. The van der Waals surface area contributed by atoms with Gasteiger partial charge in [-0.3, -0.25) is 19.3 Å². The van der Waals surface area contributed by atoms with Crippen molar-refractivity contribution in [2.75, 3.05) is 6.61 Å². The molecule has 1 aliphatic heterocycles. The molecule has 28 heavy (non-hydrogen) atoms. The molecule has 2 aromatic carbocycles. The topological polar surface area (TPSA) is 89.7 Å². The average molecular weight is 437 g/mol. The van der Waals surface area contributed by atoms with Crippen LogP contribution in [0.5, 0.6) is 5.75 Å². The summed E-state index contributed by atoms with van der Waals surface area (Å²) in [7, 11) is 0. The van der Waals surface area contributed by atoms with E-state index in [1.54, 1.807) is 48.5 Å². The summed E-state index contributed by atoms with van der Waals surface area (Å²) in [4.78, 5) is 37.3. The number of hydrogen-bond donors (Lipinski definition) is 1. The van der Waals surface area contributed by atoms with Crippen molar-refractivity contribution in [2.45, 2.75) is 6.54 Å². The van der Waals surface area contributed by atoms with Crippen LogP contribution in [0.1, 0.15) is 11.1 Å². The maximum Gasteiger partial charge on any atom is 0.293 e. The molecule has 0 atom stereocenters. The Morgan fingerprint density at radius 2 is 1.89 bits per heavy atom. The lowest BCUT2D eigenvalue weighted by atomic mass is 10.1. The first-order chi connectivity index (χ1) is 13.3. The molecule has 6 nitrogen and oxygen atoms in total. The largest absolute Gasteiger partial charge is 0.483 e. The second kappa shape index (κ2) is 8.68. The molecule has 0 unspecified atom stereocenters. The Labute approximate surface area is 175 Å². The second-order valence-electron chi connectivity index (χ2n) is 5.81. The molecule has 3 amide bonds. The van der Waals surface area contributed by atoms with E-state index in [9.17, 15) is 14.4 Å². The number of thioether (sulfide) groups is 1. The van der Waals surface area contributed by atoms with Crippen molar-refractivity contribution >= 4 is 58.1 Å². The van der Waals surface area contributed by atoms with E-state index < -0.39 is 17.1 Å². The van der Waals surface area contributed by atoms with E-state index in [2.05, 4.69) is 0 Å². The SMILES string of the molecule is NC(=O)COc1ccccc1/C=C1\SC(=O)N(Cc2ccc(Cl)c(Cl)c2)C1=O. The molecule has 1 saturated heterocycles. The molecule has 0 spiro atoms. The summed E-state index contributed by atoms with van der Waals surface area (Å²) in [6.45, 7) is -0.206. The van der Waals surface area contributed by atoms with Crippen molar-refractivity contribution in [1.29, 1.82) is 0 Å². The maximum atomic E-state index is 12.7. The lowest BCUT2D eigenvalue weighted by Crippen LogP contribution is -2.27. The van der Waals surface area contributed by atoms with Crippen LogP contribution in [-0.4, -0.2) is 28.6 Å². The molecule has 2 aromatic rings. The number of carbonyl (C=O) groups excluding carboxylic acids is 3. The number of nitrogens with two attached hydrogens (primary N) is 1. The van der Waals surface area contributed by atoms with Crippen LogP contribution < -0.4 is 10.5 Å². The molecule has 9 heteroatoms. The summed E-state index contributed by atoms with van der Waals surface area (Å²) >= 11 is 12.7. The Morgan fingerprint density at radius 3 is 2.61 bits per heavy atom. The minimum absolute atomic E-state index is 0.0821. The summed E-state index contributed by atoms with van der Waals surface area (Å²) in [6, 6.07) is 11.8. The average Bonchev–Trinajstić information content (AvgIpc) is 2.91. The van der Waals surface area contributed by atoms with Gasteiger partial charge in [0.25, 0.3) is 17.1 Å². The molecular weight excluding hydrogens is 423 g/mol. The molecule has 0 aliphatic carbocycles. The Bertz CT molecular complexity index is 994. The Morgan fingerprint density at radius 1 is 1.14 bits per heavy atom. The maximum absolute atomic E-state index is 12.7. The van der Waals surface area contributed by atoms with Gasteiger partial charge >= 0.3 is 0 Å². The van der Waals surface area contributed by atoms with E-state index in [4.69, 9.17) is 33.7 Å². The van der Waals surface area contributed by atoms with Crippen LogP contribution in [0, 0.1) is 0 Å². The van der Waals surface area contributed by atoms with E-state index in [0.29, 0.717) is 26.9 Å². The molecule has 144 valence electrons. The molecule has 0 saturated carbocycles. The highest BCUT2D eigenvalue weighted by Crippen LogP contribution is 2.35. The number of halogens is 2. The fourth-order valence-electron chi connectivity index (χ4n) is 2.48. The number of rotatable bonds is 6. The molecular formula is C19H14Cl2N2O4S. The Hall–Kier alpha value is -2.48. The molecule has 0 aromatic heterocycles. The zero-order valence-electron chi connectivity index (χ0n) is 14.4. The van der Waals surface area contributed by atoms with Crippen molar-refractivity contribution in [1.82, 2.24) is 4.90 Å². The van der Waals surface area contributed by atoms with Gasteiger partial charge in [-0.05, 0) is 41.6 Å². The van der Waals surface area contributed by atoms with Gasteiger partial charge < -0.3 is 10.5 Å². The highest BCUT2D eigenvalue weighted by Gasteiger charge is 2.35. The predicted octanol–water partition coefficient (Wildman–Crippen LogP) is 4.09. The fourth-order valence-corrected chi connectivity index (χ4v) is 3.63. The van der Waals surface area contributed by atoms with Crippen molar-refractivity contribution in [3.8, 4) is 5.75 Å². The van der Waals surface area contributed by atoms with Crippen molar-refractivity contribution in [2.24, 2.45) is 5.73 Å². The van der Waals surface area contributed by atoms with E-state index in [0.717, 1.165) is 16.7 Å². The van der Waals surface area contributed by atoms with E-state index in [1.165, 1.54) is 0 Å². The van der Waals surface area contributed by atoms with Crippen LogP contribution in [0.4, 0.5) is 4.79 Å². The summed E-state index contributed by atoms with van der Waals surface area (Å²) in [5, 5.41) is 0.354. The normalized spacial score (nSPS) is 15.4. The Balaban J connectivity index is 1.81. The summed E-state index contributed by atoms with van der Waals surface area (Å²) < 4.78 is 5.35. The summed E-state index contributed by atoms with van der Waals surface area (Å²) in [5.41, 5.74) is 6.34. The van der Waals surface area contributed by atoms with Crippen LogP contribution >= 0.6 is 35.0 Å². The zero-order chi connectivity index (χ0) is 20.3. The van der Waals surface area contributed by atoms with Gasteiger partial charge in [-0.25, -0.2) is 0 Å². The number of primary amides is 1. The number of hydrogen-bond acceptors (Lipinski definition) is 5. The molecule has 1 fully saturated rings. The zero-order valence-corrected chi connectivity index (χ0v) is 16.7. The first-order valence-corrected chi connectivity index (χ1v) is 9.62. The highest BCUT2D eigenvalue weighted by molar-refractivity contribution is 8.18. The third kappa shape index (κ3) is 4.67. The number of benzene rings is 2. The van der Waals surface area contributed by atoms with E-state index in [-0.39, 0.29) is 18.1 Å². The van der Waals surface area contributed by atoms with Gasteiger partial charge in [0, 0.05) is 5.56 Å². The van der Waals surface area contributed by atoms with Crippen molar-refractivity contribution < 1.29 is 19.1 Å². The van der Waals surface area contributed by atoms with Crippen LogP contribution in [0.2, 0.25) is 10.0 Å². The van der Waals surface area contributed by atoms with Gasteiger partial charge in [0.05, 0.1) is 21.5 Å². The first kappa shape index (κ1) is 20.3. The third-order valence-electron chi connectivity index (χ3n) is 3.77. The molecule has 1 heterocycles. The van der Waals surface area contributed by atoms with Gasteiger partial charge in [0.1, 0.15) is 5.75 Å². The van der Waals surface area contributed by atoms with E-state index >= 15 is 0 Å². The quantitative estimate of drug-likeness (QED) is 0.688. The summed E-state index contributed by atoms with van der Waals surface area (Å²) in [5.74, 6) is -0.653. The van der Waals surface area contributed by atoms with Crippen LogP contribution in [0.25, 0.3) is 6.08 Å². The van der Waals surface area contributed by atoms with Crippen LogP contribution in [0.15, 0.2) is 47.4 Å². The number of para-hydroxylation sites is 1. The number of ether oxygens (including phenoxy) is 1. The molecule has 0 bridgehead atoms. The van der Waals surface area contributed by atoms with Gasteiger partial charge in [-0.15, -0.1) is 0 Å². The van der Waals surface area contributed by atoms with Crippen LogP contribution in [-0.2, 0) is 16.1 Å². The number of amides is 3. The predicted molar refractivity (Wildman–Crippen MR) is 109 cm³/mol. The first-order valence-electron chi connectivity index (χ1n) is 8.04. The van der Waals surface area contributed by atoms with Gasteiger partial charge in [0.15, 0.2) is 6.61 Å². The van der Waals surface area contributed by atoms with E-state index in [1.807, 2.05) is 0 Å². The molecule has 1 aliphatic rings. The monoisotopic (exact) mass is 436 g/mol. The van der Waals surface area contributed by atoms with Crippen LogP contribution in [0.3, 0.4) is 0 Å². The minimum atomic E-state index is -0.614. The number of nitrogens with zero attached hydrogens (tertiary/aromatic N) is 1. The lowest BCUT2D eigenvalue weighted by Gasteiger charge is -2.13. The Kier molecular flexibility index (Phi) is 6.28. The number of carbonyl (C=O) groups is 3. The van der Waals surface area contributed by atoms with Crippen molar-refractivity contribution in [3.63, 3.8) is 0 Å². The van der Waals surface area contributed by atoms with Gasteiger partial charge in [-0.1, -0.05) is 47.5 Å².